The molecular formula is C14H17N3. The summed E-state index contributed by atoms with van der Waals surface area (Å²) in [4.78, 5) is 4.17. The van der Waals surface area contributed by atoms with Crippen molar-refractivity contribution in [3.05, 3.63) is 47.8 Å². The lowest BCUT2D eigenvalue weighted by atomic mass is 10.1. The Balaban J connectivity index is 2.22. The molecular weight excluding hydrogens is 210 g/mol. The van der Waals surface area contributed by atoms with Crippen molar-refractivity contribution < 1.29 is 0 Å². The van der Waals surface area contributed by atoms with E-state index in [0.29, 0.717) is 0 Å². The molecule has 88 valence electrons. The highest BCUT2D eigenvalue weighted by molar-refractivity contribution is 5.63. The maximum absolute atomic E-state index is 4.17. The first-order valence-electron chi connectivity index (χ1n) is 5.66. The molecule has 3 nitrogen and oxygen atoms in total. The largest absolute Gasteiger partial charge is 0.387 e. The third-order valence-electron chi connectivity index (χ3n) is 2.82. The summed E-state index contributed by atoms with van der Waals surface area (Å²) in [5, 5.41) is 6.42. The van der Waals surface area contributed by atoms with Crippen LogP contribution in [0.4, 0.5) is 17.1 Å². The summed E-state index contributed by atoms with van der Waals surface area (Å²) < 4.78 is 0. The predicted octanol–water partition coefficient (Wildman–Crippen LogP) is 3.48. The number of nitrogens with zero attached hydrogens (tertiary/aromatic N) is 1. The second-order valence-electron chi connectivity index (χ2n) is 4.14. The molecule has 0 spiro atoms. The number of nitrogens with one attached hydrogen (secondary N) is 2. The van der Waals surface area contributed by atoms with Crippen LogP contribution in [0, 0.1) is 13.8 Å². The van der Waals surface area contributed by atoms with Gasteiger partial charge in [0, 0.05) is 12.7 Å². The molecule has 0 unspecified atom stereocenters. The van der Waals surface area contributed by atoms with Gasteiger partial charge in [0.05, 0.1) is 23.8 Å². The minimum atomic E-state index is 0.986. The van der Waals surface area contributed by atoms with Crippen molar-refractivity contribution in [1.29, 1.82) is 0 Å². The van der Waals surface area contributed by atoms with Crippen LogP contribution in [0.15, 0.2) is 36.7 Å². The Labute approximate surface area is 102 Å². The molecule has 0 aliphatic carbocycles. The summed E-state index contributed by atoms with van der Waals surface area (Å²) in [6.07, 6.45) is 3.61. The van der Waals surface area contributed by atoms with Gasteiger partial charge in [-0.3, -0.25) is 4.98 Å². The lowest BCUT2D eigenvalue weighted by Gasteiger charge is -2.09. The van der Waals surface area contributed by atoms with E-state index in [1.807, 2.05) is 19.3 Å². The summed E-state index contributed by atoms with van der Waals surface area (Å²) in [5.74, 6) is 0. The number of benzene rings is 1. The summed E-state index contributed by atoms with van der Waals surface area (Å²) in [7, 11) is 1.89. The van der Waals surface area contributed by atoms with Crippen LogP contribution in [0.5, 0.6) is 0 Å². The van der Waals surface area contributed by atoms with Crippen molar-refractivity contribution in [1.82, 2.24) is 4.98 Å². The van der Waals surface area contributed by atoms with E-state index in [9.17, 15) is 0 Å². The number of anilines is 3. The van der Waals surface area contributed by atoms with E-state index in [0.717, 1.165) is 17.1 Å². The van der Waals surface area contributed by atoms with Gasteiger partial charge in [-0.1, -0.05) is 6.07 Å². The van der Waals surface area contributed by atoms with Crippen molar-refractivity contribution in [3.8, 4) is 0 Å². The molecule has 1 heterocycles. The standard InChI is InChI=1S/C14H17N3/c1-10-4-5-12(6-11(10)2)17-14-7-13(15-3)8-16-9-14/h4-9,15,17H,1-3H3. The number of hydrogen-bond donors (Lipinski definition) is 2. The van der Waals surface area contributed by atoms with Gasteiger partial charge in [-0.15, -0.1) is 0 Å². The van der Waals surface area contributed by atoms with Crippen LogP contribution in [0.2, 0.25) is 0 Å². The summed E-state index contributed by atoms with van der Waals surface area (Å²) >= 11 is 0. The zero-order valence-corrected chi connectivity index (χ0v) is 10.4. The number of pyridine rings is 1. The molecule has 0 radical (unpaired) electrons. The molecule has 0 aliphatic rings. The summed E-state index contributed by atoms with van der Waals surface area (Å²) in [6.45, 7) is 4.23. The zero-order chi connectivity index (χ0) is 12.3. The fourth-order valence-electron chi connectivity index (χ4n) is 1.63. The highest BCUT2D eigenvalue weighted by Crippen LogP contribution is 2.20. The van der Waals surface area contributed by atoms with E-state index < -0.39 is 0 Å². The molecule has 2 rings (SSSR count). The molecule has 0 amide bonds. The molecule has 0 bridgehead atoms. The maximum atomic E-state index is 4.17. The average molecular weight is 227 g/mol. The van der Waals surface area contributed by atoms with Crippen molar-refractivity contribution in [2.45, 2.75) is 13.8 Å². The van der Waals surface area contributed by atoms with Gasteiger partial charge < -0.3 is 10.6 Å². The Kier molecular flexibility index (Phi) is 3.28. The molecule has 1 aromatic carbocycles. The van der Waals surface area contributed by atoms with Gasteiger partial charge >= 0.3 is 0 Å². The predicted molar refractivity (Wildman–Crippen MR) is 73.0 cm³/mol. The first-order valence-corrected chi connectivity index (χ1v) is 5.66. The molecule has 2 N–H and O–H groups in total. The Bertz CT molecular complexity index is 521. The number of aromatic nitrogens is 1. The Morgan fingerprint density at radius 1 is 0.882 bits per heavy atom. The van der Waals surface area contributed by atoms with E-state index in [-0.39, 0.29) is 0 Å². The summed E-state index contributed by atoms with van der Waals surface area (Å²) in [5.41, 5.74) is 5.66. The number of rotatable bonds is 3. The van der Waals surface area contributed by atoms with E-state index >= 15 is 0 Å². The molecule has 3 heteroatoms. The Morgan fingerprint density at radius 2 is 1.65 bits per heavy atom. The monoisotopic (exact) mass is 227 g/mol. The van der Waals surface area contributed by atoms with Crippen molar-refractivity contribution in [3.63, 3.8) is 0 Å². The minimum absolute atomic E-state index is 0.986. The SMILES string of the molecule is CNc1cncc(Nc2ccc(C)c(C)c2)c1. The zero-order valence-electron chi connectivity index (χ0n) is 10.4. The van der Waals surface area contributed by atoms with Gasteiger partial charge in [0.2, 0.25) is 0 Å². The van der Waals surface area contributed by atoms with Crippen LogP contribution in [-0.2, 0) is 0 Å². The van der Waals surface area contributed by atoms with Crippen LogP contribution in [0.25, 0.3) is 0 Å². The quantitative estimate of drug-likeness (QED) is 0.842. The smallest absolute Gasteiger partial charge is 0.0591 e. The van der Waals surface area contributed by atoms with Crippen LogP contribution in [0.1, 0.15) is 11.1 Å². The molecule has 0 atom stereocenters. The fraction of sp³-hybridized carbons (Fsp3) is 0.214. The van der Waals surface area contributed by atoms with E-state index in [1.165, 1.54) is 11.1 Å². The van der Waals surface area contributed by atoms with Crippen molar-refractivity contribution in [2.75, 3.05) is 17.7 Å². The van der Waals surface area contributed by atoms with Gasteiger partial charge in [0.15, 0.2) is 0 Å². The third kappa shape index (κ3) is 2.75. The van der Waals surface area contributed by atoms with Crippen LogP contribution in [0.3, 0.4) is 0 Å². The normalized spacial score (nSPS) is 10.1. The molecule has 0 fully saturated rings. The molecule has 17 heavy (non-hydrogen) atoms. The molecule has 0 saturated carbocycles. The highest BCUT2D eigenvalue weighted by Gasteiger charge is 1.98. The Morgan fingerprint density at radius 3 is 2.35 bits per heavy atom. The van der Waals surface area contributed by atoms with E-state index in [2.05, 4.69) is 47.7 Å². The lowest BCUT2D eigenvalue weighted by Crippen LogP contribution is -1.95. The molecule has 1 aromatic heterocycles. The summed E-state index contributed by atoms with van der Waals surface area (Å²) in [6, 6.07) is 8.37. The molecule has 0 aliphatic heterocycles. The highest BCUT2D eigenvalue weighted by atomic mass is 14.9. The van der Waals surface area contributed by atoms with E-state index in [1.54, 1.807) is 6.20 Å². The average Bonchev–Trinajstić information content (AvgIpc) is 2.34. The molecule has 2 aromatic rings. The second-order valence-corrected chi connectivity index (χ2v) is 4.14. The first kappa shape index (κ1) is 11.5. The number of aryl methyl sites for hydroxylation is 2. The van der Waals surface area contributed by atoms with Crippen LogP contribution in [-0.4, -0.2) is 12.0 Å². The van der Waals surface area contributed by atoms with Crippen molar-refractivity contribution in [2.24, 2.45) is 0 Å². The first-order chi connectivity index (χ1) is 8.19. The van der Waals surface area contributed by atoms with Crippen LogP contribution < -0.4 is 10.6 Å². The Hall–Kier alpha value is -2.03. The maximum Gasteiger partial charge on any atom is 0.0591 e. The van der Waals surface area contributed by atoms with Gasteiger partial charge in [-0.25, -0.2) is 0 Å². The topological polar surface area (TPSA) is 37.0 Å². The number of hydrogen-bond acceptors (Lipinski definition) is 3. The van der Waals surface area contributed by atoms with Crippen molar-refractivity contribution >= 4 is 17.1 Å². The third-order valence-corrected chi connectivity index (χ3v) is 2.82. The second kappa shape index (κ2) is 4.87. The fourth-order valence-corrected chi connectivity index (χ4v) is 1.63. The lowest BCUT2D eigenvalue weighted by molar-refractivity contribution is 1.30. The van der Waals surface area contributed by atoms with Gasteiger partial charge in [-0.2, -0.15) is 0 Å². The van der Waals surface area contributed by atoms with Gasteiger partial charge in [-0.05, 0) is 43.2 Å². The minimum Gasteiger partial charge on any atom is -0.387 e. The van der Waals surface area contributed by atoms with E-state index in [4.69, 9.17) is 0 Å². The van der Waals surface area contributed by atoms with Crippen LogP contribution >= 0.6 is 0 Å². The molecule has 0 saturated heterocycles. The van der Waals surface area contributed by atoms with Gasteiger partial charge in [0.25, 0.3) is 0 Å². The van der Waals surface area contributed by atoms with Gasteiger partial charge in [0.1, 0.15) is 0 Å².